The number of ether oxygens (including phenoxy) is 1. The lowest BCUT2D eigenvalue weighted by Crippen LogP contribution is -2.15. The van der Waals surface area contributed by atoms with E-state index in [9.17, 15) is 17.9 Å². The fraction of sp³-hybridized carbons (Fsp3) is 0.0870. The summed E-state index contributed by atoms with van der Waals surface area (Å²) in [7, 11) is 0. The Morgan fingerprint density at radius 2 is 1.62 bits per heavy atom. The first kappa shape index (κ1) is 19.2. The lowest BCUT2D eigenvalue weighted by atomic mass is 9.83. The van der Waals surface area contributed by atoms with Gasteiger partial charge in [0.05, 0.1) is 5.92 Å². The summed E-state index contributed by atoms with van der Waals surface area (Å²) < 4.78 is 41.5. The standard InChI is InChI=1S/C23H17FO4S/c24-18-11-9-16(10-12-18)22-20(13-25)19-3-1-2-4-21(19)28-23(22)17-7-5-15(6-8-17)14-29(26)27/h1-13,20H,14H2,(H,26,27)/p-1. The van der Waals surface area contributed by atoms with Crippen molar-refractivity contribution in [1.29, 1.82) is 0 Å². The highest BCUT2D eigenvalue weighted by molar-refractivity contribution is 7.78. The van der Waals surface area contributed by atoms with Gasteiger partial charge in [0.25, 0.3) is 0 Å². The molecular formula is C23H16FO4S-. The molecule has 29 heavy (non-hydrogen) atoms. The third-order valence-corrected chi connectivity index (χ3v) is 5.38. The van der Waals surface area contributed by atoms with Crippen molar-refractivity contribution in [1.82, 2.24) is 0 Å². The highest BCUT2D eigenvalue weighted by Crippen LogP contribution is 2.45. The number of fused-ring (bicyclic) bond motifs is 1. The van der Waals surface area contributed by atoms with E-state index in [0.717, 1.165) is 11.8 Å². The van der Waals surface area contributed by atoms with E-state index in [1.165, 1.54) is 12.1 Å². The van der Waals surface area contributed by atoms with Crippen LogP contribution in [-0.2, 0) is 21.6 Å². The average Bonchev–Trinajstić information content (AvgIpc) is 2.73. The smallest absolute Gasteiger partial charge is 0.139 e. The molecule has 0 aromatic heterocycles. The van der Waals surface area contributed by atoms with Gasteiger partial charge in [0.15, 0.2) is 0 Å². The zero-order valence-electron chi connectivity index (χ0n) is 15.2. The van der Waals surface area contributed by atoms with Gasteiger partial charge in [0, 0.05) is 22.5 Å². The molecule has 0 bridgehead atoms. The molecule has 1 aliphatic rings. The van der Waals surface area contributed by atoms with E-state index in [1.807, 2.05) is 18.2 Å². The molecule has 6 heteroatoms. The molecule has 0 saturated carbocycles. The van der Waals surface area contributed by atoms with E-state index in [4.69, 9.17) is 4.74 Å². The zero-order valence-corrected chi connectivity index (χ0v) is 16.0. The van der Waals surface area contributed by atoms with Crippen LogP contribution in [0.3, 0.4) is 0 Å². The molecule has 4 rings (SSSR count). The van der Waals surface area contributed by atoms with E-state index in [1.54, 1.807) is 42.5 Å². The second kappa shape index (κ2) is 8.11. The summed E-state index contributed by atoms with van der Waals surface area (Å²) in [5, 5.41) is 0. The van der Waals surface area contributed by atoms with Crippen LogP contribution in [-0.4, -0.2) is 15.0 Å². The Balaban J connectivity index is 1.88. The SMILES string of the molecule is O=CC1C(c2ccc(F)cc2)=C(c2ccc(CS(=O)[O-])cc2)Oc2ccccc21. The minimum Gasteiger partial charge on any atom is -0.772 e. The molecule has 0 spiro atoms. The van der Waals surface area contributed by atoms with Gasteiger partial charge >= 0.3 is 0 Å². The largest absolute Gasteiger partial charge is 0.772 e. The average molecular weight is 407 g/mol. The van der Waals surface area contributed by atoms with Crippen molar-refractivity contribution >= 4 is 28.7 Å². The zero-order chi connectivity index (χ0) is 20.4. The highest BCUT2D eigenvalue weighted by Gasteiger charge is 2.31. The Morgan fingerprint density at radius 1 is 0.966 bits per heavy atom. The maximum absolute atomic E-state index is 13.5. The van der Waals surface area contributed by atoms with Crippen LogP contribution in [0.1, 0.15) is 28.2 Å². The van der Waals surface area contributed by atoms with Gasteiger partial charge < -0.3 is 14.1 Å². The summed E-state index contributed by atoms with van der Waals surface area (Å²) in [6.07, 6.45) is 0.856. The van der Waals surface area contributed by atoms with Crippen molar-refractivity contribution in [3.63, 3.8) is 0 Å². The Hall–Kier alpha value is -3.09. The number of hydrogen-bond acceptors (Lipinski definition) is 4. The predicted molar refractivity (Wildman–Crippen MR) is 108 cm³/mol. The topological polar surface area (TPSA) is 66.4 Å². The summed E-state index contributed by atoms with van der Waals surface area (Å²) >= 11 is -2.18. The predicted octanol–water partition coefficient (Wildman–Crippen LogP) is 4.45. The lowest BCUT2D eigenvalue weighted by molar-refractivity contribution is -0.108. The van der Waals surface area contributed by atoms with E-state index in [-0.39, 0.29) is 11.6 Å². The molecule has 4 nitrogen and oxygen atoms in total. The third-order valence-electron chi connectivity index (χ3n) is 4.81. The van der Waals surface area contributed by atoms with Crippen LogP contribution >= 0.6 is 0 Å². The molecule has 1 heterocycles. The van der Waals surface area contributed by atoms with Crippen molar-refractivity contribution in [2.24, 2.45) is 0 Å². The maximum Gasteiger partial charge on any atom is 0.139 e. The Labute approximate surface area is 169 Å². The van der Waals surface area contributed by atoms with Crippen LogP contribution in [0, 0.1) is 5.82 Å². The van der Waals surface area contributed by atoms with Crippen molar-refractivity contribution in [2.45, 2.75) is 11.7 Å². The number of para-hydroxylation sites is 1. The van der Waals surface area contributed by atoms with E-state index < -0.39 is 17.0 Å². The van der Waals surface area contributed by atoms with Gasteiger partial charge in [-0.05, 0) is 29.3 Å². The van der Waals surface area contributed by atoms with Crippen LogP contribution in [0.15, 0.2) is 72.8 Å². The summed E-state index contributed by atoms with van der Waals surface area (Å²) in [5.41, 5.74) is 3.40. The van der Waals surface area contributed by atoms with Gasteiger partial charge in [-0.15, -0.1) is 0 Å². The molecule has 146 valence electrons. The first-order valence-corrected chi connectivity index (χ1v) is 10.2. The fourth-order valence-electron chi connectivity index (χ4n) is 3.48. The number of benzene rings is 3. The van der Waals surface area contributed by atoms with Crippen LogP contribution in [0.4, 0.5) is 4.39 Å². The minimum atomic E-state index is -2.18. The molecule has 3 aromatic carbocycles. The number of aldehydes is 1. The Kier molecular flexibility index (Phi) is 5.38. The minimum absolute atomic E-state index is 0.0786. The van der Waals surface area contributed by atoms with Crippen LogP contribution in [0.5, 0.6) is 5.75 Å². The lowest BCUT2D eigenvalue weighted by Gasteiger charge is -2.28. The molecule has 0 aliphatic carbocycles. The second-order valence-corrected chi connectivity index (χ2v) is 7.54. The third kappa shape index (κ3) is 3.90. The van der Waals surface area contributed by atoms with Crippen LogP contribution in [0.2, 0.25) is 0 Å². The van der Waals surface area contributed by atoms with Crippen LogP contribution < -0.4 is 4.74 Å². The summed E-state index contributed by atoms with van der Waals surface area (Å²) in [5.74, 6) is 0.0439. The van der Waals surface area contributed by atoms with Gasteiger partial charge in [-0.1, -0.05) is 65.7 Å². The number of carbonyl (C=O) groups excluding carboxylic acids is 1. The number of carbonyl (C=O) groups is 1. The summed E-state index contributed by atoms with van der Waals surface area (Å²) in [6.45, 7) is 0. The Morgan fingerprint density at radius 3 is 2.28 bits per heavy atom. The number of allylic oxidation sites excluding steroid dienone is 1. The van der Waals surface area contributed by atoms with Gasteiger partial charge in [0.2, 0.25) is 0 Å². The van der Waals surface area contributed by atoms with E-state index in [2.05, 4.69) is 0 Å². The van der Waals surface area contributed by atoms with Crippen molar-refractivity contribution in [2.75, 3.05) is 0 Å². The highest BCUT2D eigenvalue weighted by atomic mass is 32.2. The number of rotatable bonds is 5. The first-order valence-electron chi connectivity index (χ1n) is 8.94. The van der Waals surface area contributed by atoms with E-state index >= 15 is 0 Å². The Bertz CT molecular complexity index is 1100. The first-order chi connectivity index (χ1) is 14.1. The van der Waals surface area contributed by atoms with Crippen molar-refractivity contribution < 1.29 is 22.7 Å². The molecule has 1 aliphatic heterocycles. The molecule has 2 atom stereocenters. The van der Waals surface area contributed by atoms with Gasteiger partial charge in [-0.25, -0.2) is 4.39 Å². The molecule has 0 fully saturated rings. The van der Waals surface area contributed by atoms with Gasteiger partial charge in [-0.2, -0.15) is 0 Å². The van der Waals surface area contributed by atoms with Gasteiger partial charge in [-0.3, -0.25) is 4.21 Å². The number of hydrogen-bond donors (Lipinski definition) is 0. The maximum atomic E-state index is 13.5. The van der Waals surface area contributed by atoms with Crippen molar-refractivity contribution in [3.8, 4) is 5.75 Å². The van der Waals surface area contributed by atoms with Gasteiger partial charge in [0.1, 0.15) is 23.6 Å². The number of halogens is 1. The van der Waals surface area contributed by atoms with Crippen LogP contribution in [0.25, 0.3) is 11.3 Å². The molecule has 0 radical (unpaired) electrons. The monoisotopic (exact) mass is 407 g/mol. The van der Waals surface area contributed by atoms with Crippen molar-refractivity contribution in [3.05, 3.63) is 101 Å². The second-order valence-electron chi connectivity index (χ2n) is 6.65. The fourth-order valence-corrected chi connectivity index (χ4v) is 3.94. The summed E-state index contributed by atoms with van der Waals surface area (Å²) in [4.78, 5) is 12.1. The molecule has 0 saturated heterocycles. The molecule has 0 amide bonds. The molecular weight excluding hydrogens is 391 g/mol. The van der Waals surface area contributed by atoms with E-state index in [0.29, 0.717) is 33.8 Å². The normalized spacial score (nSPS) is 16.7. The molecule has 0 N–H and O–H groups in total. The molecule has 2 unspecified atom stereocenters. The molecule has 3 aromatic rings. The summed E-state index contributed by atoms with van der Waals surface area (Å²) in [6, 6.07) is 20.2. The quantitative estimate of drug-likeness (QED) is 0.463.